The molecule has 0 spiro atoms. The topological polar surface area (TPSA) is 87.5 Å². The van der Waals surface area contributed by atoms with Crippen molar-refractivity contribution in [1.29, 1.82) is 0 Å². The number of carbonyl (C=O) groups is 1. The molecule has 0 saturated carbocycles. The highest BCUT2D eigenvalue weighted by Gasteiger charge is 2.40. The van der Waals surface area contributed by atoms with Crippen molar-refractivity contribution in [2.24, 2.45) is 0 Å². The Bertz CT molecular complexity index is 1090. The van der Waals surface area contributed by atoms with Crippen LogP contribution in [0.25, 0.3) is 5.82 Å². The van der Waals surface area contributed by atoms with E-state index in [9.17, 15) is 18.0 Å². The van der Waals surface area contributed by atoms with Crippen LogP contribution in [-0.2, 0) is 12.7 Å². The SMILES string of the molecule is COc1ccc(CNC(=O)Oc2cnn(-c3cccc(Cl)n3)c2C(F)(F)F)c(OC)c1. The fourth-order valence-corrected chi connectivity index (χ4v) is 2.82. The molecule has 0 radical (unpaired) electrons. The minimum absolute atomic E-state index is 0.0187. The minimum atomic E-state index is -4.88. The van der Waals surface area contributed by atoms with Crippen LogP contribution in [0.15, 0.2) is 42.6 Å². The molecular weight excluding hydrogens is 441 g/mol. The van der Waals surface area contributed by atoms with Crippen LogP contribution in [0.1, 0.15) is 11.3 Å². The summed E-state index contributed by atoms with van der Waals surface area (Å²) in [6.07, 6.45) is -5.21. The molecule has 0 aliphatic heterocycles. The summed E-state index contributed by atoms with van der Waals surface area (Å²) < 4.78 is 56.6. The zero-order valence-corrected chi connectivity index (χ0v) is 17.0. The number of pyridine rings is 1. The molecule has 1 N–H and O–H groups in total. The number of hydrogen-bond donors (Lipinski definition) is 1. The van der Waals surface area contributed by atoms with Gasteiger partial charge in [-0.1, -0.05) is 17.7 Å². The predicted octanol–water partition coefficient (Wildman–Crippen LogP) is 4.25. The third-order valence-electron chi connectivity index (χ3n) is 4.04. The molecule has 3 rings (SSSR count). The first-order valence-corrected chi connectivity index (χ1v) is 9.05. The van der Waals surface area contributed by atoms with Crippen molar-refractivity contribution in [3.05, 3.63) is 59.0 Å². The van der Waals surface area contributed by atoms with Gasteiger partial charge in [0.15, 0.2) is 17.3 Å². The van der Waals surface area contributed by atoms with Crippen molar-refractivity contribution >= 4 is 17.7 Å². The molecule has 8 nitrogen and oxygen atoms in total. The summed E-state index contributed by atoms with van der Waals surface area (Å²) in [4.78, 5) is 16.0. The van der Waals surface area contributed by atoms with E-state index in [0.29, 0.717) is 21.7 Å². The van der Waals surface area contributed by atoms with E-state index in [0.717, 1.165) is 6.20 Å². The van der Waals surface area contributed by atoms with Crippen molar-refractivity contribution in [2.75, 3.05) is 14.2 Å². The average molecular weight is 457 g/mol. The maximum Gasteiger partial charge on any atom is 0.437 e. The van der Waals surface area contributed by atoms with Gasteiger partial charge in [-0.3, -0.25) is 0 Å². The van der Waals surface area contributed by atoms with E-state index < -0.39 is 23.7 Å². The Morgan fingerprint density at radius 3 is 2.58 bits per heavy atom. The number of nitrogens with one attached hydrogen (secondary N) is 1. The Kier molecular flexibility index (Phi) is 6.54. The van der Waals surface area contributed by atoms with Crippen molar-refractivity contribution in [1.82, 2.24) is 20.1 Å². The normalized spacial score (nSPS) is 11.2. The van der Waals surface area contributed by atoms with E-state index in [-0.39, 0.29) is 17.5 Å². The fraction of sp³-hybridized carbons (Fsp3) is 0.211. The molecule has 0 atom stereocenters. The van der Waals surface area contributed by atoms with Crippen molar-refractivity contribution < 1.29 is 32.2 Å². The molecule has 2 aromatic heterocycles. The van der Waals surface area contributed by atoms with Gasteiger partial charge in [-0.25, -0.2) is 14.5 Å². The largest absolute Gasteiger partial charge is 0.497 e. The van der Waals surface area contributed by atoms with Crippen LogP contribution in [0.4, 0.5) is 18.0 Å². The quantitative estimate of drug-likeness (QED) is 0.558. The van der Waals surface area contributed by atoms with Gasteiger partial charge in [0.05, 0.1) is 20.4 Å². The first-order valence-electron chi connectivity index (χ1n) is 8.67. The fourth-order valence-electron chi connectivity index (χ4n) is 2.66. The van der Waals surface area contributed by atoms with E-state index in [1.807, 2.05) is 0 Å². The molecule has 3 aromatic rings. The second-order valence-electron chi connectivity index (χ2n) is 6.01. The molecule has 2 heterocycles. The number of halogens is 4. The lowest BCUT2D eigenvalue weighted by Gasteiger charge is -2.13. The van der Waals surface area contributed by atoms with Gasteiger partial charge < -0.3 is 19.5 Å². The summed E-state index contributed by atoms with van der Waals surface area (Å²) in [6, 6.07) is 9.00. The van der Waals surface area contributed by atoms with Gasteiger partial charge in [0, 0.05) is 18.2 Å². The second kappa shape index (κ2) is 9.13. The van der Waals surface area contributed by atoms with E-state index in [1.54, 1.807) is 18.2 Å². The highest BCUT2D eigenvalue weighted by Crippen LogP contribution is 2.37. The van der Waals surface area contributed by atoms with Crippen LogP contribution in [0.2, 0.25) is 5.15 Å². The van der Waals surface area contributed by atoms with E-state index in [4.69, 9.17) is 25.8 Å². The Labute approximate surface area is 179 Å². The predicted molar refractivity (Wildman–Crippen MR) is 104 cm³/mol. The number of benzene rings is 1. The second-order valence-corrected chi connectivity index (χ2v) is 6.39. The monoisotopic (exact) mass is 456 g/mol. The molecule has 0 aliphatic carbocycles. The lowest BCUT2D eigenvalue weighted by atomic mass is 10.2. The molecule has 0 bridgehead atoms. The summed E-state index contributed by atoms with van der Waals surface area (Å²) in [6.45, 7) is -0.0582. The molecule has 0 fully saturated rings. The molecule has 0 saturated heterocycles. The van der Waals surface area contributed by atoms with Gasteiger partial charge in [-0.2, -0.15) is 18.3 Å². The maximum absolute atomic E-state index is 13.6. The van der Waals surface area contributed by atoms with Gasteiger partial charge in [0.1, 0.15) is 16.7 Å². The lowest BCUT2D eigenvalue weighted by molar-refractivity contribution is -0.143. The number of carbonyl (C=O) groups excluding carboxylic acids is 1. The minimum Gasteiger partial charge on any atom is -0.497 e. The number of aromatic nitrogens is 3. The summed E-state index contributed by atoms with van der Waals surface area (Å²) in [5.41, 5.74) is -0.741. The Morgan fingerprint density at radius 2 is 1.94 bits per heavy atom. The molecule has 1 aromatic carbocycles. The van der Waals surface area contributed by atoms with Gasteiger partial charge in [0.25, 0.3) is 0 Å². The van der Waals surface area contributed by atoms with Crippen LogP contribution < -0.4 is 19.5 Å². The third-order valence-corrected chi connectivity index (χ3v) is 4.25. The number of nitrogens with zero attached hydrogens (tertiary/aromatic N) is 3. The highest BCUT2D eigenvalue weighted by molar-refractivity contribution is 6.29. The van der Waals surface area contributed by atoms with E-state index in [1.165, 1.54) is 32.4 Å². The molecule has 31 heavy (non-hydrogen) atoms. The number of hydrogen-bond acceptors (Lipinski definition) is 6. The molecule has 0 aliphatic rings. The number of ether oxygens (including phenoxy) is 3. The molecule has 164 valence electrons. The highest BCUT2D eigenvalue weighted by atomic mass is 35.5. The Balaban J connectivity index is 1.79. The van der Waals surface area contributed by atoms with E-state index in [2.05, 4.69) is 15.4 Å². The Morgan fingerprint density at radius 1 is 1.16 bits per heavy atom. The molecule has 0 unspecified atom stereocenters. The van der Waals surface area contributed by atoms with Gasteiger partial charge in [0.2, 0.25) is 0 Å². The van der Waals surface area contributed by atoms with Crippen molar-refractivity contribution in [3.63, 3.8) is 0 Å². The van der Waals surface area contributed by atoms with Gasteiger partial charge >= 0.3 is 12.3 Å². The van der Waals surface area contributed by atoms with Crippen LogP contribution in [0.5, 0.6) is 17.2 Å². The first-order chi connectivity index (χ1) is 14.7. The molecule has 1 amide bonds. The number of alkyl halides is 3. The van der Waals surface area contributed by atoms with Crippen LogP contribution in [0, 0.1) is 0 Å². The summed E-state index contributed by atoms with van der Waals surface area (Å²) in [5.74, 6) is 0.00189. The number of methoxy groups -OCH3 is 2. The zero-order valence-electron chi connectivity index (χ0n) is 16.2. The van der Waals surface area contributed by atoms with Crippen LogP contribution >= 0.6 is 11.6 Å². The summed E-state index contributed by atoms with van der Waals surface area (Å²) in [5, 5.41) is 6.00. The Hall–Kier alpha value is -3.47. The number of rotatable bonds is 6. The van der Waals surface area contributed by atoms with Crippen molar-refractivity contribution in [3.8, 4) is 23.1 Å². The lowest BCUT2D eigenvalue weighted by Crippen LogP contribution is -2.27. The van der Waals surface area contributed by atoms with Crippen LogP contribution in [-0.4, -0.2) is 35.1 Å². The average Bonchev–Trinajstić information content (AvgIpc) is 3.16. The van der Waals surface area contributed by atoms with Gasteiger partial charge in [-0.15, -0.1) is 0 Å². The molecular formula is C19H16ClF3N4O4. The number of amides is 1. The molecule has 12 heteroatoms. The zero-order chi connectivity index (χ0) is 22.6. The smallest absolute Gasteiger partial charge is 0.437 e. The van der Waals surface area contributed by atoms with Gasteiger partial charge in [-0.05, 0) is 24.3 Å². The summed E-state index contributed by atoms with van der Waals surface area (Å²) in [7, 11) is 2.92. The maximum atomic E-state index is 13.6. The third kappa shape index (κ3) is 5.18. The van der Waals surface area contributed by atoms with Crippen molar-refractivity contribution in [2.45, 2.75) is 12.7 Å². The first kappa shape index (κ1) is 22.2. The standard InChI is InChI=1S/C19H16ClF3N4O4/c1-29-12-7-6-11(13(8-12)30-2)9-24-18(28)31-14-10-25-27(17(14)19(21,22)23)16-5-3-4-15(20)26-16/h3-8,10H,9H2,1-2H3,(H,24,28). The van der Waals surface area contributed by atoms with E-state index >= 15 is 0 Å². The van der Waals surface area contributed by atoms with Crippen LogP contribution in [0.3, 0.4) is 0 Å². The summed E-state index contributed by atoms with van der Waals surface area (Å²) >= 11 is 5.75.